The van der Waals surface area contributed by atoms with Crippen LogP contribution in [0.2, 0.25) is 0 Å². The van der Waals surface area contributed by atoms with Gasteiger partial charge in [0, 0.05) is 39.0 Å². The summed E-state index contributed by atoms with van der Waals surface area (Å²) >= 11 is 0. The molecule has 0 radical (unpaired) electrons. The average Bonchev–Trinajstić information content (AvgIpc) is 3.14. The highest BCUT2D eigenvalue weighted by atomic mass is 15.0. The van der Waals surface area contributed by atoms with Gasteiger partial charge in [-0.3, -0.25) is 4.98 Å². The molecule has 0 aliphatic rings. The van der Waals surface area contributed by atoms with E-state index in [1.54, 1.807) is 0 Å². The minimum absolute atomic E-state index is 0.509. The minimum Gasteiger partial charge on any atom is -0.254 e. The number of benzene rings is 5. The van der Waals surface area contributed by atoms with E-state index in [-0.39, 0.29) is 0 Å². The molecule has 0 N–H and O–H groups in total. The van der Waals surface area contributed by atoms with Crippen molar-refractivity contribution in [3.05, 3.63) is 146 Å². The van der Waals surface area contributed by atoms with Crippen LogP contribution in [0.25, 0.3) is 89.0 Å². The van der Waals surface area contributed by atoms with Gasteiger partial charge in [0.15, 0.2) is 17.5 Å². The van der Waals surface area contributed by atoms with E-state index in [0.29, 0.717) is 23.2 Å². The first-order chi connectivity index (χ1) is 22.8. The Bertz CT molecular complexity index is 2610. The van der Waals surface area contributed by atoms with Crippen LogP contribution < -0.4 is 0 Å². The summed E-state index contributed by atoms with van der Waals surface area (Å²) in [5.74, 6) is 1.65. The Kier molecular flexibility index (Phi) is 6.03. The first-order valence-electron chi connectivity index (χ1n) is 15.1. The molecule has 0 spiro atoms. The van der Waals surface area contributed by atoms with E-state index in [4.69, 9.17) is 24.9 Å². The van der Waals surface area contributed by atoms with Crippen molar-refractivity contribution in [2.45, 2.75) is 0 Å². The highest BCUT2D eigenvalue weighted by molar-refractivity contribution is 6.03. The highest BCUT2D eigenvalue weighted by Crippen LogP contribution is 2.34. The molecule has 0 atom stereocenters. The van der Waals surface area contributed by atoms with Crippen LogP contribution in [0.5, 0.6) is 0 Å². The number of para-hydroxylation sites is 1. The normalized spacial score (nSPS) is 11.5. The standard InChI is InChI=1S/C40H24N6/c1-3-13-29-25(9-1)11-7-16-31(29)38-44-39(46-40(45-38)35-23-20-26-10-2-6-17-33(26)42-35)32-15-5-4-14-30(32)34-22-21-28-19-18-27-12-8-24-41-36(27)37(28)43-34/h1-24H. The van der Waals surface area contributed by atoms with Gasteiger partial charge in [-0.1, -0.05) is 115 Å². The van der Waals surface area contributed by atoms with Gasteiger partial charge in [-0.05, 0) is 35.0 Å². The van der Waals surface area contributed by atoms with Crippen LogP contribution in [0.4, 0.5) is 0 Å². The van der Waals surface area contributed by atoms with Crippen molar-refractivity contribution in [3.63, 3.8) is 0 Å². The molecule has 6 heteroatoms. The van der Waals surface area contributed by atoms with Gasteiger partial charge in [-0.15, -0.1) is 0 Å². The fraction of sp³-hybridized carbons (Fsp3) is 0. The second kappa shape index (κ2) is 10.6. The predicted molar refractivity (Wildman–Crippen MR) is 185 cm³/mol. The van der Waals surface area contributed by atoms with E-state index >= 15 is 0 Å². The first kappa shape index (κ1) is 26.0. The lowest BCUT2D eigenvalue weighted by atomic mass is 10.0. The summed E-state index contributed by atoms with van der Waals surface area (Å²) in [4.78, 5) is 30.0. The molecule has 0 aliphatic carbocycles. The second-order valence-electron chi connectivity index (χ2n) is 11.2. The number of aromatic nitrogens is 6. The molecule has 0 amide bonds. The molecule has 9 rings (SSSR count). The molecule has 0 saturated heterocycles. The molecule has 4 aromatic heterocycles. The zero-order valence-corrected chi connectivity index (χ0v) is 24.5. The first-order valence-corrected chi connectivity index (χ1v) is 15.1. The van der Waals surface area contributed by atoms with Crippen LogP contribution in [0.15, 0.2) is 146 Å². The molecule has 4 heterocycles. The van der Waals surface area contributed by atoms with Gasteiger partial charge >= 0.3 is 0 Å². The molecule has 214 valence electrons. The summed E-state index contributed by atoms with van der Waals surface area (Å²) in [6, 6.07) is 47.1. The number of rotatable bonds is 4. The number of hydrogen-bond acceptors (Lipinski definition) is 6. The maximum Gasteiger partial charge on any atom is 0.182 e. The van der Waals surface area contributed by atoms with Crippen molar-refractivity contribution in [1.82, 2.24) is 29.9 Å². The van der Waals surface area contributed by atoms with E-state index in [1.165, 1.54) is 0 Å². The Morgan fingerprint density at radius 2 is 0.935 bits per heavy atom. The topological polar surface area (TPSA) is 77.3 Å². The molecule has 5 aromatic carbocycles. The minimum atomic E-state index is 0.509. The Balaban J connectivity index is 1.28. The molecular formula is C40H24N6. The third-order valence-electron chi connectivity index (χ3n) is 8.37. The molecule has 9 aromatic rings. The van der Waals surface area contributed by atoms with Gasteiger partial charge in [-0.25, -0.2) is 24.9 Å². The van der Waals surface area contributed by atoms with Gasteiger partial charge in [0.25, 0.3) is 0 Å². The van der Waals surface area contributed by atoms with Crippen LogP contribution in [0.1, 0.15) is 0 Å². The van der Waals surface area contributed by atoms with Gasteiger partial charge in [-0.2, -0.15) is 0 Å². The van der Waals surface area contributed by atoms with Crippen molar-refractivity contribution < 1.29 is 0 Å². The summed E-state index contributed by atoms with van der Waals surface area (Å²) in [5, 5.41) is 5.34. The number of hydrogen-bond donors (Lipinski definition) is 0. The molecular weight excluding hydrogens is 564 g/mol. The SMILES string of the molecule is c1ccc(-c2nc(-c3ccc4ccccc4n3)nc(-c3cccc4ccccc34)n2)c(-c2ccc3ccc4cccnc4c3n2)c1. The lowest BCUT2D eigenvalue weighted by Crippen LogP contribution is -2.02. The fourth-order valence-electron chi connectivity index (χ4n) is 6.12. The molecule has 0 saturated carbocycles. The van der Waals surface area contributed by atoms with Crippen LogP contribution >= 0.6 is 0 Å². The summed E-state index contributed by atoms with van der Waals surface area (Å²) in [5.41, 5.74) is 6.83. The summed E-state index contributed by atoms with van der Waals surface area (Å²) in [7, 11) is 0. The van der Waals surface area contributed by atoms with Crippen LogP contribution in [0.3, 0.4) is 0 Å². The molecule has 6 nitrogen and oxygen atoms in total. The van der Waals surface area contributed by atoms with Crippen molar-refractivity contribution in [1.29, 1.82) is 0 Å². The van der Waals surface area contributed by atoms with Crippen molar-refractivity contribution in [2.75, 3.05) is 0 Å². The predicted octanol–water partition coefficient (Wildman–Crippen LogP) is 9.34. The van der Waals surface area contributed by atoms with Crippen LogP contribution in [0, 0.1) is 0 Å². The quantitative estimate of drug-likeness (QED) is 0.191. The van der Waals surface area contributed by atoms with Gasteiger partial charge < -0.3 is 0 Å². The third-order valence-corrected chi connectivity index (χ3v) is 8.37. The molecule has 0 aliphatic heterocycles. The molecule has 0 bridgehead atoms. The Hall–Kier alpha value is -6.40. The zero-order valence-electron chi connectivity index (χ0n) is 24.5. The number of pyridine rings is 3. The third kappa shape index (κ3) is 4.43. The van der Waals surface area contributed by atoms with Crippen molar-refractivity contribution in [3.8, 4) is 45.6 Å². The molecule has 0 unspecified atom stereocenters. The van der Waals surface area contributed by atoms with E-state index < -0.39 is 0 Å². The molecule has 46 heavy (non-hydrogen) atoms. The Morgan fingerprint density at radius 3 is 1.85 bits per heavy atom. The maximum atomic E-state index is 5.15. The molecule has 0 fully saturated rings. The van der Waals surface area contributed by atoms with E-state index in [2.05, 4.69) is 77.8 Å². The van der Waals surface area contributed by atoms with Crippen molar-refractivity contribution >= 4 is 43.5 Å². The Labute approximate surface area is 264 Å². The average molecular weight is 589 g/mol. The van der Waals surface area contributed by atoms with Crippen LogP contribution in [-0.2, 0) is 0 Å². The Morgan fingerprint density at radius 1 is 0.326 bits per heavy atom. The summed E-state index contributed by atoms with van der Waals surface area (Å²) in [6.07, 6.45) is 1.81. The lowest BCUT2D eigenvalue weighted by molar-refractivity contribution is 1.06. The van der Waals surface area contributed by atoms with Gasteiger partial charge in [0.1, 0.15) is 5.69 Å². The number of fused-ring (bicyclic) bond motifs is 5. The van der Waals surface area contributed by atoms with E-state index in [0.717, 1.165) is 65.9 Å². The summed E-state index contributed by atoms with van der Waals surface area (Å²) in [6.45, 7) is 0. The second-order valence-corrected chi connectivity index (χ2v) is 11.2. The largest absolute Gasteiger partial charge is 0.254 e. The zero-order chi connectivity index (χ0) is 30.5. The van der Waals surface area contributed by atoms with E-state index in [9.17, 15) is 0 Å². The smallest absolute Gasteiger partial charge is 0.182 e. The highest BCUT2D eigenvalue weighted by Gasteiger charge is 2.18. The fourth-order valence-corrected chi connectivity index (χ4v) is 6.12. The maximum absolute atomic E-state index is 5.15. The van der Waals surface area contributed by atoms with Gasteiger partial charge in [0.05, 0.1) is 22.2 Å². The van der Waals surface area contributed by atoms with Gasteiger partial charge in [0.2, 0.25) is 0 Å². The van der Waals surface area contributed by atoms with Crippen molar-refractivity contribution in [2.24, 2.45) is 0 Å². The lowest BCUT2D eigenvalue weighted by Gasteiger charge is -2.13. The summed E-state index contributed by atoms with van der Waals surface area (Å²) < 4.78 is 0. The monoisotopic (exact) mass is 588 g/mol. The van der Waals surface area contributed by atoms with E-state index in [1.807, 2.05) is 72.9 Å². The van der Waals surface area contributed by atoms with Crippen LogP contribution in [-0.4, -0.2) is 29.9 Å². The number of nitrogens with zero attached hydrogens (tertiary/aromatic N) is 6.